The summed E-state index contributed by atoms with van der Waals surface area (Å²) in [5, 5.41) is 9.20. The zero-order valence-corrected chi connectivity index (χ0v) is 14.7. The van der Waals surface area contributed by atoms with Crippen LogP contribution in [0.15, 0.2) is 21.5 Å². The molecule has 0 bridgehead atoms. The van der Waals surface area contributed by atoms with Crippen LogP contribution in [0.2, 0.25) is 0 Å². The van der Waals surface area contributed by atoms with Gasteiger partial charge in [-0.3, -0.25) is 0 Å². The van der Waals surface area contributed by atoms with Gasteiger partial charge in [0, 0.05) is 11.0 Å². The minimum atomic E-state index is -3.57. The smallest absolute Gasteiger partial charge is 0.240 e. The minimum absolute atomic E-state index is 0.191. The molecule has 2 N–H and O–H groups in total. The quantitative estimate of drug-likeness (QED) is 0.816. The molecular formula is C14H22BrNO3S. The van der Waals surface area contributed by atoms with Gasteiger partial charge in [0.1, 0.15) is 0 Å². The Morgan fingerprint density at radius 1 is 1.30 bits per heavy atom. The molecule has 0 amide bonds. The number of benzene rings is 1. The van der Waals surface area contributed by atoms with E-state index in [9.17, 15) is 13.5 Å². The second-order valence-electron chi connectivity index (χ2n) is 5.43. The topological polar surface area (TPSA) is 66.4 Å². The van der Waals surface area contributed by atoms with Gasteiger partial charge in [-0.1, -0.05) is 36.7 Å². The molecule has 0 saturated carbocycles. The van der Waals surface area contributed by atoms with Gasteiger partial charge < -0.3 is 5.11 Å². The lowest BCUT2D eigenvalue weighted by Gasteiger charge is -2.17. The molecule has 1 atom stereocenters. The summed E-state index contributed by atoms with van der Waals surface area (Å²) < 4.78 is 28.1. The van der Waals surface area contributed by atoms with Crippen LogP contribution in [-0.4, -0.2) is 20.1 Å². The molecule has 0 aliphatic heterocycles. The summed E-state index contributed by atoms with van der Waals surface area (Å²) in [5.74, 6) is 0.670. The van der Waals surface area contributed by atoms with Gasteiger partial charge >= 0.3 is 0 Å². The number of nitrogens with one attached hydrogen (secondary N) is 1. The highest BCUT2D eigenvalue weighted by molar-refractivity contribution is 9.10. The van der Waals surface area contributed by atoms with Crippen LogP contribution < -0.4 is 4.72 Å². The molecule has 6 heteroatoms. The Labute approximate surface area is 129 Å². The molecule has 1 aromatic rings. The Morgan fingerprint density at radius 2 is 1.90 bits per heavy atom. The predicted octanol–water partition coefficient (Wildman–Crippen LogP) is 2.82. The van der Waals surface area contributed by atoms with Crippen LogP contribution in [0.1, 0.15) is 31.9 Å². The van der Waals surface area contributed by atoms with Crippen molar-refractivity contribution in [3.8, 4) is 0 Å². The van der Waals surface area contributed by atoms with Crippen molar-refractivity contribution in [3.05, 3.63) is 27.7 Å². The van der Waals surface area contributed by atoms with Crippen LogP contribution in [0.25, 0.3) is 0 Å². The fourth-order valence-corrected chi connectivity index (χ4v) is 3.73. The van der Waals surface area contributed by atoms with Crippen molar-refractivity contribution >= 4 is 26.0 Å². The second kappa shape index (κ2) is 7.02. The van der Waals surface area contributed by atoms with E-state index in [4.69, 9.17) is 0 Å². The molecule has 0 aliphatic rings. The van der Waals surface area contributed by atoms with E-state index < -0.39 is 10.0 Å². The zero-order chi connectivity index (χ0) is 15.5. The summed E-state index contributed by atoms with van der Waals surface area (Å²) in [7, 11) is -3.57. The van der Waals surface area contributed by atoms with Gasteiger partial charge in [0.15, 0.2) is 0 Å². The number of halogens is 1. The molecule has 0 spiro atoms. The van der Waals surface area contributed by atoms with E-state index in [1.54, 1.807) is 13.0 Å². The highest BCUT2D eigenvalue weighted by Crippen LogP contribution is 2.26. The zero-order valence-electron chi connectivity index (χ0n) is 12.3. The predicted molar refractivity (Wildman–Crippen MR) is 84.0 cm³/mol. The fraction of sp³-hybridized carbons (Fsp3) is 0.571. The number of aliphatic hydroxyl groups excluding tert-OH is 1. The Bertz CT molecular complexity index is 570. The Hall–Kier alpha value is -0.430. The van der Waals surface area contributed by atoms with E-state index in [2.05, 4.69) is 34.5 Å². The maximum atomic E-state index is 12.4. The summed E-state index contributed by atoms with van der Waals surface area (Å²) in [6, 6.07) is 3.24. The first-order chi connectivity index (χ1) is 9.19. The number of rotatable bonds is 6. The van der Waals surface area contributed by atoms with Crippen LogP contribution >= 0.6 is 15.9 Å². The molecule has 1 rings (SSSR count). The molecular weight excluding hydrogens is 342 g/mol. The molecule has 1 aromatic carbocycles. The van der Waals surface area contributed by atoms with Crippen LogP contribution in [0, 0.1) is 18.8 Å². The monoisotopic (exact) mass is 363 g/mol. The van der Waals surface area contributed by atoms with E-state index in [1.165, 1.54) is 6.07 Å². The van der Waals surface area contributed by atoms with E-state index in [1.807, 2.05) is 6.92 Å². The molecule has 0 aromatic heterocycles. The Morgan fingerprint density at radius 3 is 2.40 bits per heavy atom. The second-order valence-corrected chi connectivity index (χ2v) is 8.02. The van der Waals surface area contributed by atoms with E-state index in [0.29, 0.717) is 28.1 Å². The number of sulfonamides is 1. The van der Waals surface area contributed by atoms with Crippen LogP contribution in [0.5, 0.6) is 0 Å². The molecule has 0 radical (unpaired) electrons. The van der Waals surface area contributed by atoms with Crippen molar-refractivity contribution in [2.75, 3.05) is 6.54 Å². The Balaban J connectivity index is 3.06. The normalized spacial score (nSPS) is 13.8. The molecule has 0 heterocycles. The first kappa shape index (κ1) is 17.6. The van der Waals surface area contributed by atoms with Gasteiger partial charge in [-0.2, -0.15) is 0 Å². The van der Waals surface area contributed by atoms with Crippen molar-refractivity contribution < 1.29 is 13.5 Å². The standard InChI is InChI=1S/C14H22BrNO3S/c1-9(2)10(3)7-16-20(18,19)14-6-12(8-17)5-13(15)11(14)4/h5-6,9-10,16-17H,7-8H2,1-4H3. The van der Waals surface area contributed by atoms with Crippen LogP contribution in [0.3, 0.4) is 0 Å². The molecule has 114 valence electrons. The third-order valence-corrected chi connectivity index (χ3v) is 5.94. The SMILES string of the molecule is Cc1c(Br)cc(CO)cc1S(=O)(=O)NCC(C)C(C)C. The maximum absolute atomic E-state index is 12.4. The lowest BCUT2D eigenvalue weighted by atomic mass is 9.99. The maximum Gasteiger partial charge on any atom is 0.240 e. The molecule has 20 heavy (non-hydrogen) atoms. The largest absolute Gasteiger partial charge is 0.392 e. The van der Waals surface area contributed by atoms with Gasteiger partial charge in [0.05, 0.1) is 11.5 Å². The summed E-state index contributed by atoms with van der Waals surface area (Å²) in [5.41, 5.74) is 1.21. The molecule has 0 fully saturated rings. The van der Waals surface area contributed by atoms with Gasteiger partial charge in [-0.15, -0.1) is 0 Å². The van der Waals surface area contributed by atoms with Crippen molar-refractivity contribution in [2.24, 2.45) is 11.8 Å². The van der Waals surface area contributed by atoms with E-state index in [0.717, 1.165) is 0 Å². The van der Waals surface area contributed by atoms with Gasteiger partial charge in [0.25, 0.3) is 0 Å². The summed E-state index contributed by atoms with van der Waals surface area (Å²) in [6.45, 7) is 8.09. The summed E-state index contributed by atoms with van der Waals surface area (Å²) in [6.07, 6.45) is 0. The fourth-order valence-electron chi connectivity index (χ4n) is 1.63. The van der Waals surface area contributed by atoms with Gasteiger partial charge in [-0.05, 0) is 42.0 Å². The van der Waals surface area contributed by atoms with Gasteiger partial charge in [-0.25, -0.2) is 13.1 Å². The summed E-state index contributed by atoms with van der Waals surface area (Å²) in [4.78, 5) is 0.215. The van der Waals surface area contributed by atoms with Crippen molar-refractivity contribution in [2.45, 2.75) is 39.2 Å². The molecule has 1 unspecified atom stereocenters. The third-order valence-electron chi connectivity index (χ3n) is 3.56. The highest BCUT2D eigenvalue weighted by Gasteiger charge is 2.20. The van der Waals surface area contributed by atoms with Crippen molar-refractivity contribution in [1.29, 1.82) is 0 Å². The minimum Gasteiger partial charge on any atom is -0.392 e. The first-order valence-corrected chi connectivity index (χ1v) is 8.86. The van der Waals surface area contributed by atoms with Crippen molar-refractivity contribution in [3.63, 3.8) is 0 Å². The molecule has 0 saturated heterocycles. The Kier molecular flexibility index (Phi) is 6.19. The van der Waals surface area contributed by atoms with E-state index in [-0.39, 0.29) is 17.4 Å². The average Bonchev–Trinajstić information content (AvgIpc) is 2.38. The molecule has 4 nitrogen and oxygen atoms in total. The van der Waals surface area contributed by atoms with E-state index >= 15 is 0 Å². The van der Waals surface area contributed by atoms with Crippen LogP contribution in [-0.2, 0) is 16.6 Å². The number of aliphatic hydroxyl groups is 1. The number of hydrogen-bond donors (Lipinski definition) is 2. The van der Waals surface area contributed by atoms with Crippen molar-refractivity contribution in [1.82, 2.24) is 4.72 Å². The lowest BCUT2D eigenvalue weighted by molar-refractivity contribution is 0.281. The lowest BCUT2D eigenvalue weighted by Crippen LogP contribution is -2.30. The number of hydrogen-bond acceptors (Lipinski definition) is 3. The summed E-state index contributed by atoms with van der Waals surface area (Å²) >= 11 is 3.33. The highest BCUT2D eigenvalue weighted by atomic mass is 79.9. The third kappa shape index (κ3) is 4.28. The van der Waals surface area contributed by atoms with Gasteiger partial charge in [0.2, 0.25) is 10.0 Å². The van der Waals surface area contributed by atoms with Crippen LogP contribution in [0.4, 0.5) is 0 Å². The average molecular weight is 364 g/mol. The first-order valence-electron chi connectivity index (χ1n) is 6.58. The molecule has 0 aliphatic carbocycles.